The van der Waals surface area contributed by atoms with Crippen molar-refractivity contribution in [3.05, 3.63) is 11.6 Å². The van der Waals surface area contributed by atoms with Gasteiger partial charge in [0.25, 0.3) is 0 Å². The Hall–Kier alpha value is -0.931. The van der Waals surface area contributed by atoms with Crippen LogP contribution in [0.1, 0.15) is 33.3 Å². The summed E-state index contributed by atoms with van der Waals surface area (Å²) in [5, 5.41) is 9.78. The van der Waals surface area contributed by atoms with Crippen molar-refractivity contribution in [1.29, 1.82) is 5.26 Å². The summed E-state index contributed by atoms with van der Waals surface area (Å²) in [4.78, 5) is 0. The fourth-order valence-corrected chi connectivity index (χ4v) is 4.88. The Morgan fingerprint density at radius 1 is 0.926 bits per heavy atom. The number of rotatable bonds is 2. The summed E-state index contributed by atoms with van der Waals surface area (Å²) in [5.41, 5.74) is 3.38. The first-order valence-corrected chi connectivity index (χ1v) is 11.0. The van der Waals surface area contributed by atoms with Gasteiger partial charge >= 0.3 is 170 Å². The van der Waals surface area contributed by atoms with Crippen LogP contribution in [0.15, 0.2) is 6.07 Å². The van der Waals surface area contributed by atoms with E-state index in [1.807, 2.05) is 0 Å². The maximum absolute atomic E-state index is 9.78. The molecule has 4 rings (SSSR count). The second-order valence-electron chi connectivity index (χ2n) is 8.74. The van der Waals surface area contributed by atoms with Gasteiger partial charge in [-0.3, -0.25) is 0 Å². The SMILES string of the molecule is CC1(C)COB(c2cc(C#N)c(B3OCC(C)(C)CO3)c3n[te]nc23)OC1. The van der Waals surface area contributed by atoms with Crippen molar-refractivity contribution in [3.63, 3.8) is 0 Å². The van der Waals surface area contributed by atoms with E-state index in [-0.39, 0.29) is 10.8 Å². The Morgan fingerprint density at radius 3 is 2.00 bits per heavy atom. The van der Waals surface area contributed by atoms with Gasteiger partial charge in [-0.1, -0.05) is 0 Å². The molecule has 2 saturated heterocycles. The molecule has 140 valence electrons. The second kappa shape index (κ2) is 7.15. The van der Waals surface area contributed by atoms with E-state index < -0.39 is 35.2 Å². The molecule has 0 N–H and O–H groups in total. The number of hydrogen-bond donors (Lipinski definition) is 0. The molecular formula is C17H21B2N3O4Te. The first-order valence-electron chi connectivity index (χ1n) is 8.95. The molecule has 0 aliphatic carbocycles. The molecular weight excluding hydrogens is 459 g/mol. The van der Waals surface area contributed by atoms with E-state index >= 15 is 0 Å². The van der Waals surface area contributed by atoms with Crippen LogP contribution < -0.4 is 10.9 Å². The molecule has 2 aliphatic heterocycles. The van der Waals surface area contributed by atoms with Gasteiger partial charge in [-0.15, -0.1) is 0 Å². The Balaban J connectivity index is 1.73. The van der Waals surface area contributed by atoms with Crippen LogP contribution in [0.2, 0.25) is 0 Å². The maximum atomic E-state index is 9.78. The molecule has 27 heavy (non-hydrogen) atoms. The predicted octanol–water partition coefficient (Wildman–Crippen LogP) is 0.0949. The van der Waals surface area contributed by atoms with Crippen molar-refractivity contribution in [3.8, 4) is 6.07 Å². The van der Waals surface area contributed by atoms with Gasteiger partial charge < -0.3 is 0 Å². The number of aromatic nitrogens is 2. The van der Waals surface area contributed by atoms with Gasteiger partial charge in [0, 0.05) is 0 Å². The fourth-order valence-electron chi connectivity index (χ4n) is 3.23. The van der Waals surface area contributed by atoms with Crippen LogP contribution in [-0.4, -0.2) is 68.1 Å². The second-order valence-corrected chi connectivity index (χ2v) is 10.2. The van der Waals surface area contributed by atoms with Gasteiger partial charge in [-0.05, 0) is 0 Å². The van der Waals surface area contributed by atoms with Gasteiger partial charge in [-0.2, -0.15) is 0 Å². The monoisotopic (exact) mass is 483 g/mol. The molecule has 3 heterocycles. The molecule has 1 aromatic carbocycles. The van der Waals surface area contributed by atoms with Crippen molar-refractivity contribution in [2.45, 2.75) is 27.7 Å². The summed E-state index contributed by atoms with van der Waals surface area (Å²) in [7, 11) is -1.11. The van der Waals surface area contributed by atoms with Gasteiger partial charge in [0.05, 0.1) is 0 Å². The number of hydrogen-bond acceptors (Lipinski definition) is 7. The fraction of sp³-hybridized carbons (Fsp3) is 0.588. The summed E-state index contributed by atoms with van der Waals surface area (Å²) in [6.45, 7) is 10.7. The summed E-state index contributed by atoms with van der Waals surface area (Å²) in [6, 6.07) is 4.09. The minimum absolute atomic E-state index is 0.0238. The van der Waals surface area contributed by atoms with Crippen molar-refractivity contribution in [2.75, 3.05) is 26.4 Å². The van der Waals surface area contributed by atoms with Gasteiger partial charge in [0.2, 0.25) is 0 Å². The normalized spacial score (nSPS) is 22.0. The van der Waals surface area contributed by atoms with Gasteiger partial charge in [0.1, 0.15) is 0 Å². The van der Waals surface area contributed by atoms with Crippen LogP contribution in [0.4, 0.5) is 0 Å². The number of nitriles is 1. The molecule has 0 spiro atoms. The van der Waals surface area contributed by atoms with Crippen molar-refractivity contribution in [1.82, 2.24) is 6.41 Å². The molecule has 0 amide bonds. The van der Waals surface area contributed by atoms with Gasteiger partial charge in [0.15, 0.2) is 0 Å². The standard InChI is InChI=1S/C17H21B2N3O4Te/c1-16(2)7-23-18(24-8-16)12-5-11(6-20)13(15-14(12)21-27-22-15)19-25-9-17(3,4)10-26-19/h5H,7-10H2,1-4H3. The molecule has 10 heteroatoms. The van der Waals surface area contributed by atoms with E-state index in [1.165, 1.54) is 0 Å². The summed E-state index contributed by atoms with van der Waals surface area (Å²) < 4.78 is 33.0. The molecule has 2 aliphatic rings. The van der Waals surface area contributed by atoms with Crippen LogP contribution in [-0.2, 0) is 18.6 Å². The Morgan fingerprint density at radius 2 is 1.44 bits per heavy atom. The van der Waals surface area contributed by atoms with E-state index in [9.17, 15) is 5.26 Å². The third-order valence-corrected chi connectivity index (χ3v) is 6.23. The Bertz CT molecular complexity index is 891. The molecule has 1 aromatic heterocycles. The van der Waals surface area contributed by atoms with Crippen molar-refractivity contribution < 1.29 is 18.6 Å². The Kier molecular flexibility index (Phi) is 5.13. The molecule has 7 nitrogen and oxygen atoms in total. The van der Waals surface area contributed by atoms with Crippen LogP contribution in [0.5, 0.6) is 0 Å². The molecule has 0 atom stereocenters. The topological polar surface area (TPSA) is 86.5 Å². The number of nitrogens with zero attached hydrogens (tertiary/aromatic N) is 3. The molecule has 0 unspecified atom stereocenters. The van der Waals surface area contributed by atoms with Crippen molar-refractivity contribution >= 4 is 57.2 Å². The van der Waals surface area contributed by atoms with E-state index in [2.05, 4.69) is 40.2 Å². The zero-order chi connectivity index (χ0) is 19.2. The molecule has 2 aromatic rings. The molecule has 0 bridgehead atoms. The first-order chi connectivity index (χ1) is 12.8. The van der Waals surface area contributed by atoms with E-state index in [0.717, 1.165) is 11.0 Å². The zero-order valence-electron chi connectivity index (χ0n) is 15.9. The van der Waals surface area contributed by atoms with E-state index in [4.69, 9.17) is 18.6 Å². The number of benzene rings is 1. The Labute approximate surface area is 170 Å². The molecule has 2 fully saturated rings. The average Bonchev–Trinajstić information content (AvgIpc) is 3.10. The predicted molar refractivity (Wildman–Crippen MR) is 103 cm³/mol. The number of fused-ring (bicyclic) bond motifs is 1. The van der Waals surface area contributed by atoms with E-state index in [0.29, 0.717) is 43.0 Å². The third-order valence-electron chi connectivity index (χ3n) is 4.72. The van der Waals surface area contributed by atoms with Crippen LogP contribution in [0.3, 0.4) is 0 Å². The van der Waals surface area contributed by atoms with Crippen LogP contribution in [0, 0.1) is 22.2 Å². The van der Waals surface area contributed by atoms with Gasteiger partial charge in [-0.25, -0.2) is 0 Å². The van der Waals surface area contributed by atoms with Crippen LogP contribution >= 0.6 is 0 Å². The first kappa shape index (κ1) is 19.4. The summed E-state index contributed by atoms with van der Waals surface area (Å²) in [5.74, 6) is 0. The van der Waals surface area contributed by atoms with E-state index in [1.54, 1.807) is 6.07 Å². The zero-order valence-corrected chi connectivity index (χ0v) is 18.3. The molecule has 0 radical (unpaired) electrons. The summed E-state index contributed by atoms with van der Waals surface area (Å²) in [6.07, 6.45) is 0. The van der Waals surface area contributed by atoms with Crippen molar-refractivity contribution in [2.24, 2.45) is 10.8 Å². The van der Waals surface area contributed by atoms with Crippen LogP contribution in [0.25, 0.3) is 11.0 Å². The summed E-state index contributed by atoms with van der Waals surface area (Å²) >= 11 is -0.891. The minimum atomic E-state index is -0.891. The quantitative estimate of drug-likeness (QED) is 0.564. The molecule has 0 saturated carbocycles. The average molecular weight is 481 g/mol. The third kappa shape index (κ3) is 3.82.